The van der Waals surface area contributed by atoms with Crippen molar-refractivity contribution in [1.29, 1.82) is 0 Å². The molecule has 27 heavy (non-hydrogen) atoms. The maximum Gasteiger partial charge on any atom is 0.291 e. The van der Waals surface area contributed by atoms with E-state index in [1.54, 1.807) is 18.7 Å². The van der Waals surface area contributed by atoms with Crippen molar-refractivity contribution in [2.75, 3.05) is 13.2 Å². The number of likely N-dealkylation sites (tertiary alicyclic amines) is 1. The van der Waals surface area contributed by atoms with E-state index in [4.69, 9.17) is 28.6 Å². The lowest BCUT2D eigenvalue weighted by atomic mass is 9.84. The fraction of sp³-hybridized carbons (Fsp3) is 0.571. The molecule has 1 aromatic carbocycles. The predicted octanol–water partition coefficient (Wildman–Crippen LogP) is 4.78. The van der Waals surface area contributed by atoms with Crippen LogP contribution >= 0.6 is 23.8 Å². The maximum atomic E-state index is 13.0. The zero-order chi connectivity index (χ0) is 20.2. The molecule has 1 aliphatic heterocycles. The van der Waals surface area contributed by atoms with Gasteiger partial charge in [0.2, 0.25) is 5.78 Å². The van der Waals surface area contributed by atoms with Crippen molar-refractivity contribution in [2.24, 2.45) is 5.41 Å². The number of halogens is 1. The molecule has 4 nitrogen and oxygen atoms in total. The number of rotatable bonds is 7. The number of amides is 1. The molecular weight excluding hydrogens is 382 g/mol. The van der Waals surface area contributed by atoms with Crippen molar-refractivity contribution in [3.63, 3.8) is 0 Å². The van der Waals surface area contributed by atoms with Crippen LogP contribution in [0, 0.1) is 5.41 Å². The van der Waals surface area contributed by atoms with Gasteiger partial charge in [0.25, 0.3) is 5.91 Å². The van der Waals surface area contributed by atoms with Crippen molar-refractivity contribution >= 4 is 40.6 Å². The summed E-state index contributed by atoms with van der Waals surface area (Å²) < 4.78 is 5.72. The molecule has 1 saturated heterocycles. The van der Waals surface area contributed by atoms with Crippen LogP contribution in [-0.2, 0) is 14.3 Å². The quantitative estimate of drug-likeness (QED) is 0.480. The highest BCUT2D eigenvalue weighted by atomic mass is 35.5. The van der Waals surface area contributed by atoms with Crippen LogP contribution in [-0.4, -0.2) is 40.8 Å². The van der Waals surface area contributed by atoms with Gasteiger partial charge in [-0.1, -0.05) is 57.5 Å². The van der Waals surface area contributed by atoms with Gasteiger partial charge in [0.15, 0.2) is 5.05 Å². The van der Waals surface area contributed by atoms with Gasteiger partial charge >= 0.3 is 0 Å². The largest absolute Gasteiger partial charge is 0.485 e. The Labute approximate surface area is 172 Å². The molecule has 0 N–H and O–H groups in total. The van der Waals surface area contributed by atoms with Crippen LogP contribution in [0.3, 0.4) is 0 Å². The summed E-state index contributed by atoms with van der Waals surface area (Å²) in [7, 11) is 0. The number of hydrogen-bond donors (Lipinski definition) is 0. The van der Waals surface area contributed by atoms with Crippen LogP contribution in [0.25, 0.3) is 0 Å². The molecular formula is C21H28ClNO3S. The Kier molecular flexibility index (Phi) is 7.40. The summed E-state index contributed by atoms with van der Waals surface area (Å²) in [5.41, 5.74) is 0.236. The van der Waals surface area contributed by atoms with Gasteiger partial charge in [-0.25, -0.2) is 0 Å². The molecule has 6 heteroatoms. The summed E-state index contributed by atoms with van der Waals surface area (Å²) in [5, 5.41) is 0.995. The Balaban J connectivity index is 2.36. The Morgan fingerprint density at radius 2 is 1.96 bits per heavy atom. The fourth-order valence-electron chi connectivity index (χ4n) is 3.28. The Morgan fingerprint density at radius 1 is 1.30 bits per heavy atom. The van der Waals surface area contributed by atoms with Crippen molar-refractivity contribution in [3.8, 4) is 0 Å². The second-order valence-electron chi connectivity index (χ2n) is 7.59. The highest BCUT2D eigenvalue weighted by Gasteiger charge is 2.45. The molecule has 0 saturated carbocycles. The minimum Gasteiger partial charge on any atom is -0.485 e. The molecule has 1 aliphatic rings. The molecule has 0 bridgehead atoms. The first-order chi connectivity index (χ1) is 12.7. The molecule has 0 spiro atoms. The molecule has 2 atom stereocenters. The normalized spacial score (nSPS) is 19.8. The smallest absolute Gasteiger partial charge is 0.291 e. The van der Waals surface area contributed by atoms with Gasteiger partial charge in [0.05, 0.1) is 6.61 Å². The van der Waals surface area contributed by atoms with Crippen molar-refractivity contribution in [1.82, 2.24) is 4.90 Å². The van der Waals surface area contributed by atoms with Gasteiger partial charge in [-0.05, 0) is 43.1 Å². The Bertz CT molecular complexity index is 719. The van der Waals surface area contributed by atoms with E-state index in [1.807, 2.05) is 38.1 Å². The van der Waals surface area contributed by atoms with Crippen molar-refractivity contribution in [3.05, 3.63) is 34.9 Å². The van der Waals surface area contributed by atoms with Gasteiger partial charge in [0.1, 0.15) is 6.04 Å². The molecule has 148 valence electrons. The van der Waals surface area contributed by atoms with E-state index in [-0.39, 0.29) is 11.7 Å². The lowest BCUT2D eigenvalue weighted by Gasteiger charge is -2.31. The van der Waals surface area contributed by atoms with E-state index >= 15 is 0 Å². The highest BCUT2D eigenvalue weighted by molar-refractivity contribution is 7.80. The zero-order valence-electron chi connectivity index (χ0n) is 16.5. The van der Waals surface area contributed by atoms with E-state index in [0.29, 0.717) is 36.1 Å². The first-order valence-corrected chi connectivity index (χ1v) is 10.3. The predicted molar refractivity (Wildman–Crippen MR) is 112 cm³/mol. The van der Waals surface area contributed by atoms with Crippen LogP contribution in [0.2, 0.25) is 5.02 Å². The average molecular weight is 410 g/mol. The van der Waals surface area contributed by atoms with Crippen molar-refractivity contribution < 1.29 is 14.3 Å². The first kappa shape index (κ1) is 21.8. The minimum absolute atomic E-state index is 0.0791. The van der Waals surface area contributed by atoms with Crippen LogP contribution < -0.4 is 0 Å². The number of hydrogen-bond acceptors (Lipinski definition) is 4. The number of ketones is 1. The summed E-state index contributed by atoms with van der Waals surface area (Å²) >= 11 is 11.9. The zero-order valence-corrected chi connectivity index (χ0v) is 18.0. The number of ether oxygens (including phenoxy) is 1. The molecule has 1 fully saturated rings. The van der Waals surface area contributed by atoms with E-state index in [0.717, 1.165) is 12.0 Å². The number of carbonyl (C=O) groups excluding carboxylic acids is 2. The highest BCUT2D eigenvalue weighted by Crippen LogP contribution is 2.39. The second-order valence-corrected chi connectivity index (χ2v) is 8.40. The summed E-state index contributed by atoms with van der Waals surface area (Å²) in [4.78, 5) is 27.4. The standard InChI is InChI=1S/C21H28ClNO3S/c1-5-13-26-20(27)17-15(14-9-7-8-10-16(14)22)11-12-23(17)19(25)18(24)21(3,4)6-2/h7-10,15,17H,5-6,11-13H2,1-4H3/t15?,17-/m0/s1. The number of thiocarbonyl (C=S) groups is 1. The van der Waals surface area contributed by atoms with Crippen LogP contribution in [0.5, 0.6) is 0 Å². The van der Waals surface area contributed by atoms with Crippen LogP contribution in [0.4, 0.5) is 0 Å². The summed E-state index contributed by atoms with van der Waals surface area (Å²) in [5.74, 6) is -0.943. The number of benzene rings is 1. The van der Waals surface area contributed by atoms with E-state index < -0.39 is 17.4 Å². The van der Waals surface area contributed by atoms with Gasteiger partial charge in [0, 0.05) is 22.9 Å². The first-order valence-electron chi connectivity index (χ1n) is 9.51. The number of carbonyl (C=O) groups is 2. The molecule has 2 rings (SSSR count). The van der Waals surface area contributed by atoms with Crippen molar-refractivity contribution in [2.45, 2.75) is 58.9 Å². The summed E-state index contributed by atoms with van der Waals surface area (Å²) in [6.45, 7) is 8.46. The average Bonchev–Trinajstić information content (AvgIpc) is 3.10. The molecule has 0 aliphatic carbocycles. The Hall–Kier alpha value is -1.46. The third-order valence-electron chi connectivity index (χ3n) is 5.35. The lowest BCUT2D eigenvalue weighted by Crippen LogP contribution is -2.48. The van der Waals surface area contributed by atoms with Gasteiger partial charge in [-0.15, -0.1) is 0 Å². The van der Waals surface area contributed by atoms with Crippen LogP contribution in [0.1, 0.15) is 58.4 Å². The van der Waals surface area contributed by atoms with E-state index in [9.17, 15) is 9.59 Å². The lowest BCUT2D eigenvalue weighted by molar-refractivity contribution is -0.149. The molecule has 0 radical (unpaired) electrons. The third kappa shape index (κ3) is 4.69. The molecule has 1 unspecified atom stereocenters. The molecule has 0 aromatic heterocycles. The topological polar surface area (TPSA) is 46.6 Å². The SMILES string of the molecule is CCCOC(=S)[C@@H]1C(c2ccccc2Cl)CCN1C(=O)C(=O)C(C)(C)CC. The van der Waals surface area contributed by atoms with Gasteiger partial charge in [-0.3, -0.25) is 9.59 Å². The molecule has 1 heterocycles. The van der Waals surface area contributed by atoms with Gasteiger partial charge < -0.3 is 9.64 Å². The monoisotopic (exact) mass is 409 g/mol. The third-order valence-corrected chi connectivity index (χ3v) is 6.05. The maximum absolute atomic E-state index is 13.0. The van der Waals surface area contributed by atoms with Crippen LogP contribution in [0.15, 0.2) is 24.3 Å². The minimum atomic E-state index is -0.698. The Morgan fingerprint density at radius 3 is 2.56 bits per heavy atom. The fourth-order valence-corrected chi connectivity index (χ4v) is 3.93. The number of Topliss-reactive ketones (excluding diaryl/α,β-unsaturated/α-hetero) is 1. The van der Waals surface area contributed by atoms with Gasteiger partial charge in [-0.2, -0.15) is 0 Å². The number of nitrogens with zero attached hydrogens (tertiary/aromatic N) is 1. The summed E-state index contributed by atoms with van der Waals surface area (Å²) in [6.07, 6.45) is 2.11. The van der Waals surface area contributed by atoms with E-state index in [1.165, 1.54) is 0 Å². The van der Waals surface area contributed by atoms with E-state index in [2.05, 4.69) is 0 Å². The molecule has 1 aromatic rings. The second kappa shape index (κ2) is 9.16. The summed E-state index contributed by atoms with van der Waals surface area (Å²) in [6, 6.07) is 7.12. The molecule has 1 amide bonds.